The van der Waals surface area contributed by atoms with Gasteiger partial charge in [-0.1, -0.05) is 34.7 Å². The van der Waals surface area contributed by atoms with Crippen molar-refractivity contribution in [2.24, 2.45) is 0 Å². The van der Waals surface area contributed by atoms with Gasteiger partial charge in [0.1, 0.15) is 4.93 Å². The third-order valence-electron chi connectivity index (χ3n) is 1.08. The normalized spacial score (nSPS) is 16.7. The minimum absolute atomic E-state index is 0.646. The van der Waals surface area contributed by atoms with Crippen LogP contribution in [0.4, 0.5) is 0 Å². The van der Waals surface area contributed by atoms with E-state index in [1.165, 1.54) is 0 Å². The summed E-state index contributed by atoms with van der Waals surface area (Å²) in [7, 11) is 0. The van der Waals surface area contributed by atoms with Gasteiger partial charge in [-0.15, -0.1) is 12.6 Å². The van der Waals surface area contributed by atoms with Crippen LogP contribution >= 0.6 is 28.6 Å². The first-order valence-corrected chi connectivity index (χ1v) is 4.61. The molecule has 0 aliphatic rings. The Labute approximate surface area is 81.7 Å². The van der Waals surface area contributed by atoms with Gasteiger partial charge in [-0.2, -0.15) is 0 Å². The van der Waals surface area contributed by atoms with Crippen LogP contribution in [-0.4, -0.2) is 10.0 Å². The molecule has 1 unspecified atom stereocenters. The molecule has 0 fully saturated rings. The van der Waals surface area contributed by atoms with E-state index in [4.69, 9.17) is 0 Å². The Morgan fingerprint density at radius 3 is 2.73 bits per heavy atom. The quantitative estimate of drug-likeness (QED) is 0.437. The number of rotatable bonds is 4. The minimum atomic E-state index is -0.863. The molecule has 3 heteroatoms. The van der Waals surface area contributed by atoms with E-state index in [0.29, 0.717) is 6.42 Å². The Bertz CT molecular complexity index is 158. The molecule has 0 aromatic heterocycles. The van der Waals surface area contributed by atoms with Crippen molar-refractivity contribution in [3.05, 3.63) is 23.2 Å². The molecule has 0 rings (SSSR count). The van der Waals surface area contributed by atoms with Crippen molar-refractivity contribution in [1.29, 1.82) is 0 Å². The fourth-order valence-electron chi connectivity index (χ4n) is 0.568. The fraction of sp³-hybridized carbons (Fsp3) is 0.500. The first-order chi connectivity index (χ1) is 4.92. The van der Waals surface area contributed by atoms with Crippen LogP contribution in [0.5, 0.6) is 0 Å². The van der Waals surface area contributed by atoms with Crippen molar-refractivity contribution in [2.75, 3.05) is 0 Å². The van der Waals surface area contributed by atoms with Crippen LogP contribution in [0.2, 0.25) is 0 Å². The van der Waals surface area contributed by atoms with Gasteiger partial charge >= 0.3 is 0 Å². The number of thiol groups is 1. The number of halogens is 1. The molecule has 0 aromatic rings. The molecule has 1 atom stereocenters. The molecular formula is C8H13BrOS. The molecule has 0 amide bonds. The third kappa shape index (κ3) is 10.3. The van der Waals surface area contributed by atoms with E-state index >= 15 is 0 Å². The van der Waals surface area contributed by atoms with Crippen LogP contribution in [0.1, 0.15) is 19.8 Å². The predicted molar refractivity (Wildman–Crippen MR) is 56.1 cm³/mol. The van der Waals surface area contributed by atoms with Crippen LogP contribution in [0.25, 0.3) is 0 Å². The van der Waals surface area contributed by atoms with E-state index < -0.39 is 4.93 Å². The molecule has 0 bridgehead atoms. The summed E-state index contributed by atoms with van der Waals surface area (Å²) >= 11 is 7.16. The molecule has 0 spiro atoms. The minimum Gasteiger partial charge on any atom is -0.380 e. The summed E-state index contributed by atoms with van der Waals surface area (Å²) in [6, 6.07) is 0. The molecule has 0 radical (unpaired) electrons. The Kier molecular flexibility index (Phi) is 5.13. The SMILES string of the molecule is C=C(Br)/C=C\CCC(C)(O)S. The molecule has 64 valence electrons. The topological polar surface area (TPSA) is 20.2 Å². The van der Waals surface area contributed by atoms with Crippen molar-refractivity contribution < 1.29 is 5.11 Å². The maximum absolute atomic E-state index is 9.18. The predicted octanol–water partition coefficient (Wildman–Crippen LogP) is 2.87. The molecular weight excluding hydrogens is 224 g/mol. The molecule has 11 heavy (non-hydrogen) atoms. The molecule has 1 nitrogen and oxygen atoms in total. The van der Waals surface area contributed by atoms with Crippen LogP contribution in [0, 0.1) is 0 Å². The van der Waals surface area contributed by atoms with Gasteiger partial charge in [0.05, 0.1) is 0 Å². The zero-order valence-corrected chi connectivity index (χ0v) is 9.03. The van der Waals surface area contributed by atoms with Gasteiger partial charge in [0.25, 0.3) is 0 Å². The zero-order valence-electron chi connectivity index (χ0n) is 6.55. The summed E-state index contributed by atoms with van der Waals surface area (Å²) in [6.45, 7) is 5.31. The van der Waals surface area contributed by atoms with Crippen molar-refractivity contribution in [3.8, 4) is 0 Å². The van der Waals surface area contributed by atoms with Crippen molar-refractivity contribution >= 4 is 28.6 Å². The first kappa shape index (κ1) is 11.3. The van der Waals surface area contributed by atoms with Gasteiger partial charge in [-0.25, -0.2) is 0 Å². The van der Waals surface area contributed by atoms with Gasteiger partial charge in [0, 0.05) is 4.48 Å². The highest BCUT2D eigenvalue weighted by atomic mass is 79.9. The molecule has 1 N–H and O–H groups in total. The number of allylic oxidation sites excluding steroid dienone is 3. The largest absolute Gasteiger partial charge is 0.380 e. The zero-order chi connectivity index (χ0) is 8.91. The summed E-state index contributed by atoms with van der Waals surface area (Å²) in [4.78, 5) is -0.863. The highest BCUT2D eigenvalue weighted by molar-refractivity contribution is 9.11. The lowest BCUT2D eigenvalue weighted by molar-refractivity contribution is 0.151. The standard InChI is InChI=1S/C8H13BrOS/c1-7(9)5-3-4-6-8(2,10)11/h3,5,10-11H,1,4,6H2,2H3/b5-3-. The summed E-state index contributed by atoms with van der Waals surface area (Å²) in [5.41, 5.74) is 0. The van der Waals surface area contributed by atoms with E-state index in [-0.39, 0.29) is 0 Å². The summed E-state index contributed by atoms with van der Waals surface area (Å²) in [5.74, 6) is 0. The summed E-state index contributed by atoms with van der Waals surface area (Å²) < 4.78 is 0.844. The Balaban J connectivity index is 3.50. The Morgan fingerprint density at radius 1 is 1.82 bits per heavy atom. The maximum atomic E-state index is 9.18. The first-order valence-electron chi connectivity index (χ1n) is 3.37. The Hall–Kier alpha value is 0.270. The van der Waals surface area contributed by atoms with E-state index in [1.54, 1.807) is 6.92 Å². The smallest absolute Gasteiger partial charge is 0.105 e. The highest BCUT2D eigenvalue weighted by Crippen LogP contribution is 2.16. The van der Waals surface area contributed by atoms with Gasteiger partial charge in [-0.3, -0.25) is 0 Å². The molecule has 0 aromatic carbocycles. The van der Waals surface area contributed by atoms with Crippen LogP contribution in [0.15, 0.2) is 23.2 Å². The van der Waals surface area contributed by atoms with Crippen LogP contribution in [0.3, 0.4) is 0 Å². The van der Waals surface area contributed by atoms with E-state index in [2.05, 4.69) is 35.1 Å². The monoisotopic (exact) mass is 236 g/mol. The van der Waals surface area contributed by atoms with Crippen molar-refractivity contribution in [3.63, 3.8) is 0 Å². The van der Waals surface area contributed by atoms with Gasteiger partial charge in [0.2, 0.25) is 0 Å². The number of aliphatic hydroxyl groups is 1. The number of hydrogen-bond acceptors (Lipinski definition) is 2. The van der Waals surface area contributed by atoms with Crippen LogP contribution < -0.4 is 0 Å². The second kappa shape index (κ2) is 5.01. The molecule has 0 saturated heterocycles. The average Bonchev–Trinajstić information content (AvgIpc) is 1.78. The summed E-state index contributed by atoms with van der Waals surface area (Å²) in [5, 5.41) is 9.18. The van der Waals surface area contributed by atoms with Crippen molar-refractivity contribution in [1.82, 2.24) is 0 Å². The van der Waals surface area contributed by atoms with E-state index in [0.717, 1.165) is 10.9 Å². The second-order valence-corrected chi connectivity index (χ2v) is 4.59. The molecule has 0 saturated carbocycles. The number of hydrogen-bond donors (Lipinski definition) is 2. The lowest BCUT2D eigenvalue weighted by Gasteiger charge is -2.13. The second-order valence-electron chi connectivity index (χ2n) is 2.60. The molecule has 0 aliphatic heterocycles. The average molecular weight is 237 g/mol. The van der Waals surface area contributed by atoms with E-state index in [9.17, 15) is 5.11 Å². The third-order valence-corrected chi connectivity index (χ3v) is 1.57. The molecule has 0 aliphatic carbocycles. The van der Waals surface area contributed by atoms with Gasteiger partial charge in [-0.05, 0) is 19.8 Å². The van der Waals surface area contributed by atoms with Gasteiger partial charge < -0.3 is 5.11 Å². The lowest BCUT2D eigenvalue weighted by atomic mass is 10.2. The summed E-state index contributed by atoms with van der Waals surface area (Å²) in [6.07, 6.45) is 5.26. The lowest BCUT2D eigenvalue weighted by Crippen LogP contribution is -2.13. The van der Waals surface area contributed by atoms with Crippen molar-refractivity contribution in [2.45, 2.75) is 24.7 Å². The van der Waals surface area contributed by atoms with Crippen LogP contribution in [-0.2, 0) is 0 Å². The molecule has 0 heterocycles. The highest BCUT2D eigenvalue weighted by Gasteiger charge is 2.10. The fourth-order valence-corrected chi connectivity index (χ4v) is 0.884. The maximum Gasteiger partial charge on any atom is 0.105 e. The Morgan fingerprint density at radius 2 is 2.36 bits per heavy atom. The van der Waals surface area contributed by atoms with Gasteiger partial charge in [0.15, 0.2) is 0 Å². The van der Waals surface area contributed by atoms with E-state index in [1.807, 2.05) is 12.2 Å².